The van der Waals surface area contributed by atoms with E-state index in [0.29, 0.717) is 11.3 Å². The Kier molecular flexibility index (Phi) is 4.88. The van der Waals surface area contributed by atoms with Gasteiger partial charge in [0.05, 0.1) is 5.37 Å². The van der Waals surface area contributed by atoms with E-state index in [4.69, 9.17) is 5.73 Å². The Labute approximate surface area is 155 Å². The van der Waals surface area contributed by atoms with E-state index in [9.17, 15) is 14.7 Å². The third-order valence-corrected chi connectivity index (χ3v) is 5.25. The standard InChI is InChI=1S/C15H17N2O3S.Na/c1-15(2)7-17-13(20)12(14(17)21-15)11(19)5-8-3-4-9(18)6-10(8)16;/h3-4,6-7,12,14,18H,5,16H2,1-2H3;/q-1;+1. The van der Waals surface area contributed by atoms with Gasteiger partial charge in [-0.25, -0.2) is 6.54 Å². The molecule has 2 fully saturated rings. The number of hydrogen-bond donors (Lipinski definition) is 2. The maximum absolute atomic E-state index is 12.4. The minimum absolute atomic E-state index is 0. The maximum Gasteiger partial charge on any atom is 1.00 e. The van der Waals surface area contributed by atoms with E-state index in [1.807, 2.05) is 20.4 Å². The molecule has 2 unspecified atom stereocenters. The number of hydrogen-bond acceptors (Lipinski definition) is 5. The second-order valence-electron chi connectivity index (χ2n) is 5.99. The molecule has 0 saturated carbocycles. The average Bonchev–Trinajstić information content (AvgIpc) is 2.65. The molecule has 3 rings (SSSR count). The van der Waals surface area contributed by atoms with Gasteiger partial charge in [0.1, 0.15) is 11.7 Å². The smallest absolute Gasteiger partial charge is 0.508 e. The number of fused-ring (bicyclic) bond motifs is 1. The zero-order chi connectivity index (χ0) is 15.4. The zero-order valence-electron chi connectivity index (χ0n) is 12.9. The molecule has 1 aromatic carbocycles. The zero-order valence-corrected chi connectivity index (χ0v) is 15.7. The fourth-order valence-corrected chi connectivity index (χ4v) is 4.24. The van der Waals surface area contributed by atoms with Crippen LogP contribution in [-0.2, 0) is 16.0 Å². The molecule has 112 valence electrons. The molecule has 2 aliphatic rings. The first kappa shape index (κ1) is 17.7. The molecule has 0 aliphatic carbocycles. The molecule has 7 heteroatoms. The quantitative estimate of drug-likeness (QED) is 0.233. The molecule has 2 saturated heterocycles. The Morgan fingerprint density at radius 2 is 2.18 bits per heavy atom. The monoisotopic (exact) mass is 328 g/mol. The molecule has 1 aromatic rings. The molecule has 3 N–H and O–H groups in total. The number of carbonyl (C=O) groups is 2. The van der Waals surface area contributed by atoms with Crippen LogP contribution in [0.15, 0.2) is 18.2 Å². The number of amides is 1. The van der Waals surface area contributed by atoms with E-state index < -0.39 is 5.92 Å². The van der Waals surface area contributed by atoms with Crippen LogP contribution in [0.2, 0.25) is 0 Å². The van der Waals surface area contributed by atoms with Crippen LogP contribution in [0, 0.1) is 12.5 Å². The van der Waals surface area contributed by atoms with Crippen molar-refractivity contribution in [3.05, 3.63) is 30.3 Å². The summed E-state index contributed by atoms with van der Waals surface area (Å²) in [4.78, 5) is 26.2. The second-order valence-corrected chi connectivity index (χ2v) is 7.76. The van der Waals surface area contributed by atoms with E-state index in [1.165, 1.54) is 12.1 Å². The van der Waals surface area contributed by atoms with Crippen molar-refractivity contribution in [3.63, 3.8) is 0 Å². The van der Waals surface area contributed by atoms with Gasteiger partial charge in [-0.1, -0.05) is 24.7 Å². The van der Waals surface area contributed by atoms with Crippen LogP contribution in [0.5, 0.6) is 5.75 Å². The number of phenolic OH excluding ortho intramolecular Hbond substituents is 1. The molecule has 0 aromatic heterocycles. The Balaban J connectivity index is 0.00000176. The van der Waals surface area contributed by atoms with Gasteiger partial charge in [0, 0.05) is 18.2 Å². The first-order chi connectivity index (χ1) is 9.78. The van der Waals surface area contributed by atoms with Crippen molar-refractivity contribution >= 4 is 29.1 Å². The van der Waals surface area contributed by atoms with Gasteiger partial charge >= 0.3 is 29.6 Å². The van der Waals surface area contributed by atoms with E-state index in [-0.39, 0.29) is 63.5 Å². The van der Waals surface area contributed by atoms with Gasteiger partial charge in [-0.3, -0.25) is 9.59 Å². The molecule has 22 heavy (non-hydrogen) atoms. The SMILES string of the molecule is CC1(C)[CH-]N2C(=O)C(C(=O)Cc3ccc(O)cc3N)C2S1.[Na+]. The maximum atomic E-state index is 12.4. The van der Waals surface area contributed by atoms with Gasteiger partial charge in [0.15, 0.2) is 5.78 Å². The number of phenols is 1. The molecular weight excluding hydrogens is 311 g/mol. The number of nitrogens with zero attached hydrogens (tertiary/aromatic N) is 1. The van der Waals surface area contributed by atoms with Crippen molar-refractivity contribution in [3.8, 4) is 5.75 Å². The van der Waals surface area contributed by atoms with Gasteiger partial charge in [-0.2, -0.15) is 11.8 Å². The molecule has 5 nitrogen and oxygen atoms in total. The third kappa shape index (κ3) is 3.02. The number of rotatable bonds is 3. The van der Waals surface area contributed by atoms with Crippen LogP contribution in [0.25, 0.3) is 0 Å². The number of carbonyl (C=O) groups excluding carboxylic acids is 2. The molecular formula is C15H17N2NaO3S. The number of nitrogens with two attached hydrogens (primary N) is 1. The van der Waals surface area contributed by atoms with Gasteiger partial charge in [0.2, 0.25) is 5.91 Å². The van der Waals surface area contributed by atoms with Crippen LogP contribution in [0.1, 0.15) is 19.4 Å². The third-order valence-electron chi connectivity index (χ3n) is 3.80. The summed E-state index contributed by atoms with van der Waals surface area (Å²) >= 11 is 1.63. The Morgan fingerprint density at radius 1 is 1.50 bits per heavy atom. The number of anilines is 1. The first-order valence-corrected chi connectivity index (χ1v) is 7.62. The van der Waals surface area contributed by atoms with Crippen molar-refractivity contribution in [1.82, 2.24) is 4.90 Å². The summed E-state index contributed by atoms with van der Waals surface area (Å²) in [5, 5.41) is 9.24. The minimum Gasteiger partial charge on any atom is -0.508 e. The molecule has 2 heterocycles. The van der Waals surface area contributed by atoms with Crippen molar-refractivity contribution in [2.45, 2.75) is 30.4 Å². The van der Waals surface area contributed by atoms with E-state index in [1.54, 1.807) is 22.7 Å². The van der Waals surface area contributed by atoms with Gasteiger partial charge in [-0.05, 0) is 11.6 Å². The summed E-state index contributed by atoms with van der Waals surface area (Å²) in [5.74, 6) is -0.754. The second kappa shape index (κ2) is 6.07. The predicted molar refractivity (Wildman–Crippen MR) is 81.3 cm³/mol. The average molecular weight is 328 g/mol. The summed E-state index contributed by atoms with van der Waals surface area (Å²) in [6.07, 6.45) is 0.119. The molecule has 0 radical (unpaired) electrons. The number of Topliss-reactive ketones (excluding diaryl/α,β-unsaturated/α-hetero) is 1. The normalized spacial score (nSPS) is 25.2. The van der Waals surface area contributed by atoms with Gasteiger partial charge in [-0.15, -0.1) is 0 Å². The number of aromatic hydroxyl groups is 1. The number of ketones is 1. The van der Waals surface area contributed by atoms with Crippen LogP contribution >= 0.6 is 11.8 Å². The van der Waals surface area contributed by atoms with Crippen LogP contribution in [0.3, 0.4) is 0 Å². The number of benzene rings is 1. The molecule has 0 bridgehead atoms. The summed E-state index contributed by atoms with van der Waals surface area (Å²) in [7, 11) is 0. The minimum atomic E-state index is -0.582. The van der Waals surface area contributed by atoms with Gasteiger partial charge in [0.25, 0.3) is 0 Å². The van der Waals surface area contributed by atoms with Crippen LogP contribution < -0.4 is 35.3 Å². The van der Waals surface area contributed by atoms with E-state index in [2.05, 4.69) is 0 Å². The first-order valence-electron chi connectivity index (χ1n) is 6.74. The molecule has 2 atom stereocenters. The van der Waals surface area contributed by atoms with E-state index in [0.717, 1.165) is 0 Å². The fraction of sp³-hybridized carbons (Fsp3) is 0.400. The summed E-state index contributed by atoms with van der Waals surface area (Å²) < 4.78 is -0.118. The number of nitrogen functional groups attached to an aromatic ring is 1. The van der Waals surface area contributed by atoms with Crippen LogP contribution in [0.4, 0.5) is 5.69 Å². The molecule has 2 aliphatic heterocycles. The summed E-state index contributed by atoms with van der Waals surface area (Å²) in [6.45, 7) is 5.95. The Morgan fingerprint density at radius 3 is 2.82 bits per heavy atom. The van der Waals surface area contributed by atoms with Gasteiger partial charge < -0.3 is 15.7 Å². The fourth-order valence-electron chi connectivity index (χ4n) is 2.76. The molecule has 1 amide bonds. The van der Waals surface area contributed by atoms with Crippen molar-refractivity contribution in [2.75, 3.05) is 5.73 Å². The predicted octanol–water partition coefficient (Wildman–Crippen LogP) is -1.44. The largest absolute Gasteiger partial charge is 1.00 e. The topological polar surface area (TPSA) is 83.6 Å². The Hall–Kier alpha value is -0.690. The van der Waals surface area contributed by atoms with Crippen molar-refractivity contribution in [1.29, 1.82) is 0 Å². The number of thioether (sulfide) groups is 1. The van der Waals surface area contributed by atoms with E-state index >= 15 is 0 Å². The Bertz CT molecular complexity index is 635. The summed E-state index contributed by atoms with van der Waals surface area (Å²) in [6, 6.07) is 4.54. The molecule has 0 spiro atoms. The summed E-state index contributed by atoms with van der Waals surface area (Å²) in [5.41, 5.74) is 6.82. The number of β-lactam (4-membered cyclic amide) rings is 1. The van der Waals surface area contributed by atoms with Crippen molar-refractivity contribution in [2.24, 2.45) is 5.92 Å². The van der Waals surface area contributed by atoms with Crippen molar-refractivity contribution < 1.29 is 44.3 Å². The van der Waals surface area contributed by atoms with Crippen LogP contribution in [-0.4, -0.2) is 31.8 Å².